The molecule has 0 radical (unpaired) electrons. The summed E-state index contributed by atoms with van der Waals surface area (Å²) in [6.45, 7) is 0. The van der Waals surface area contributed by atoms with E-state index in [9.17, 15) is 4.79 Å². The molecule has 1 amide bonds. The topological polar surface area (TPSA) is 42.4 Å². The van der Waals surface area contributed by atoms with E-state index in [1.54, 1.807) is 30.5 Å². The molecule has 0 unspecified atom stereocenters. The summed E-state index contributed by atoms with van der Waals surface area (Å²) in [5.41, 5.74) is 3.66. The summed E-state index contributed by atoms with van der Waals surface area (Å²) in [5.74, 6) is 0.482. The van der Waals surface area contributed by atoms with E-state index < -0.39 is 6.09 Å². The summed E-state index contributed by atoms with van der Waals surface area (Å²) >= 11 is 7.51. The Morgan fingerprint density at radius 3 is 2.28 bits per heavy atom. The summed E-state index contributed by atoms with van der Waals surface area (Å²) in [6, 6.07) is 24.3. The Kier molecular flexibility index (Phi) is 5.60. The third kappa shape index (κ3) is 4.47. The number of carbonyl (C=O) groups excluding carboxylic acids is 1. The minimum atomic E-state index is -0.441. The average molecular weight is 421 g/mol. The van der Waals surface area contributed by atoms with Gasteiger partial charge in [0.15, 0.2) is 0 Å². The third-order valence-electron chi connectivity index (χ3n) is 4.37. The van der Waals surface area contributed by atoms with Crippen molar-refractivity contribution in [2.45, 2.75) is 0 Å². The highest BCUT2D eigenvalue weighted by atomic mass is 35.5. The van der Waals surface area contributed by atoms with Crippen LogP contribution in [0.2, 0.25) is 5.02 Å². The van der Waals surface area contributed by atoms with E-state index in [-0.39, 0.29) is 0 Å². The van der Waals surface area contributed by atoms with E-state index in [0.29, 0.717) is 10.8 Å². The predicted molar refractivity (Wildman–Crippen MR) is 119 cm³/mol. The van der Waals surface area contributed by atoms with E-state index in [0.717, 1.165) is 27.5 Å². The molecule has 4 aromatic rings. The Morgan fingerprint density at radius 2 is 1.59 bits per heavy atom. The first-order valence-electron chi connectivity index (χ1n) is 8.92. The van der Waals surface area contributed by atoms with Crippen molar-refractivity contribution in [3.05, 3.63) is 89.3 Å². The van der Waals surface area contributed by atoms with Gasteiger partial charge in [0.25, 0.3) is 0 Å². The Balaban J connectivity index is 1.45. The number of amides is 1. The van der Waals surface area contributed by atoms with Crippen LogP contribution >= 0.6 is 22.9 Å². The molecule has 0 aliphatic rings. The van der Waals surface area contributed by atoms with Gasteiger partial charge in [-0.05, 0) is 48.5 Å². The smallest absolute Gasteiger partial charge is 0.410 e. The molecule has 1 aromatic heterocycles. The quantitative estimate of drug-likeness (QED) is 0.366. The fraction of sp³-hybridized carbons (Fsp3) is 0.0435. The Bertz CT molecular complexity index is 1110. The predicted octanol–water partition coefficient (Wildman–Crippen LogP) is 6.77. The average Bonchev–Trinajstić information content (AvgIpc) is 3.25. The van der Waals surface area contributed by atoms with Crippen LogP contribution in [0.1, 0.15) is 0 Å². The van der Waals surface area contributed by atoms with E-state index in [4.69, 9.17) is 21.3 Å². The van der Waals surface area contributed by atoms with Crippen molar-refractivity contribution in [2.75, 3.05) is 11.9 Å². The number of halogens is 1. The van der Waals surface area contributed by atoms with Crippen LogP contribution in [-0.4, -0.2) is 18.1 Å². The van der Waals surface area contributed by atoms with Crippen molar-refractivity contribution in [3.63, 3.8) is 0 Å². The van der Waals surface area contributed by atoms with Gasteiger partial charge in [-0.2, -0.15) is 0 Å². The molecule has 0 aliphatic carbocycles. The van der Waals surface area contributed by atoms with Crippen molar-refractivity contribution in [1.82, 2.24) is 4.98 Å². The van der Waals surface area contributed by atoms with Gasteiger partial charge in [-0.15, -0.1) is 11.3 Å². The summed E-state index contributed by atoms with van der Waals surface area (Å²) < 4.78 is 5.46. The number of anilines is 1. The van der Waals surface area contributed by atoms with Crippen molar-refractivity contribution in [3.8, 4) is 27.6 Å². The van der Waals surface area contributed by atoms with Crippen LogP contribution < -0.4 is 9.64 Å². The van der Waals surface area contributed by atoms with Crippen molar-refractivity contribution in [2.24, 2.45) is 0 Å². The van der Waals surface area contributed by atoms with Crippen LogP contribution in [0.3, 0.4) is 0 Å². The lowest BCUT2D eigenvalue weighted by atomic mass is 10.2. The van der Waals surface area contributed by atoms with Crippen LogP contribution in [0.5, 0.6) is 5.75 Å². The highest BCUT2D eigenvalue weighted by molar-refractivity contribution is 7.13. The molecule has 0 N–H and O–H groups in total. The van der Waals surface area contributed by atoms with Gasteiger partial charge >= 0.3 is 6.09 Å². The van der Waals surface area contributed by atoms with Crippen LogP contribution in [0.4, 0.5) is 10.5 Å². The fourth-order valence-corrected chi connectivity index (χ4v) is 3.71. The number of hydrogen-bond acceptors (Lipinski definition) is 4. The molecule has 4 rings (SSSR count). The minimum absolute atomic E-state index is 0.441. The molecule has 3 aromatic carbocycles. The molecule has 0 atom stereocenters. The molecule has 1 heterocycles. The van der Waals surface area contributed by atoms with Crippen LogP contribution in [-0.2, 0) is 0 Å². The second-order valence-electron chi connectivity index (χ2n) is 6.33. The molecule has 144 valence electrons. The van der Waals surface area contributed by atoms with Crippen molar-refractivity contribution < 1.29 is 9.53 Å². The summed E-state index contributed by atoms with van der Waals surface area (Å²) in [5, 5.41) is 3.61. The third-order valence-corrected chi connectivity index (χ3v) is 5.51. The number of thiazole rings is 1. The second kappa shape index (κ2) is 8.47. The highest BCUT2D eigenvalue weighted by Crippen LogP contribution is 2.30. The summed E-state index contributed by atoms with van der Waals surface area (Å²) in [7, 11) is 1.68. The number of benzene rings is 3. The molecular weight excluding hydrogens is 404 g/mol. The van der Waals surface area contributed by atoms with E-state index >= 15 is 0 Å². The van der Waals surface area contributed by atoms with Gasteiger partial charge in [-0.1, -0.05) is 41.9 Å². The lowest BCUT2D eigenvalue weighted by Gasteiger charge is -2.16. The summed E-state index contributed by atoms with van der Waals surface area (Å²) in [6.07, 6.45) is -0.441. The minimum Gasteiger partial charge on any atom is -0.410 e. The molecule has 29 heavy (non-hydrogen) atoms. The SMILES string of the molecule is CN(C(=O)Oc1ccc(-c2nc(-c3ccc(Cl)cc3)cs2)cc1)c1ccccc1. The number of ether oxygens (including phenoxy) is 1. The lowest BCUT2D eigenvalue weighted by Crippen LogP contribution is -2.29. The van der Waals surface area contributed by atoms with E-state index in [1.165, 1.54) is 4.90 Å². The first kappa shape index (κ1) is 19.2. The van der Waals surface area contributed by atoms with E-state index in [2.05, 4.69) is 0 Å². The van der Waals surface area contributed by atoms with Gasteiger partial charge in [0.2, 0.25) is 0 Å². The van der Waals surface area contributed by atoms with Crippen LogP contribution in [0.15, 0.2) is 84.2 Å². The zero-order valence-corrected chi connectivity index (χ0v) is 17.2. The Hall–Kier alpha value is -3.15. The number of aromatic nitrogens is 1. The molecule has 0 aliphatic heterocycles. The van der Waals surface area contributed by atoms with Gasteiger partial charge in [0.05, 0.1) is 5.69 Å². The first-order chi connectivity index (χ1) is 14.1. The van der Waals surface area contributed by atoms with E-state index in [1.807, 2.05) is 72.1 Å². The molecule has 6 heteroatoms. The molecule has 0 saturated carbocycles. The lowest BCUT2D eigenvalue weighted by molar-refractivity contribution is 0.209. The van der Waals surface area contributed by atoms with Gasteiger partial charge in [-0.25, -0.2) is 9.78 Å². The number of rotatable bonds is 4. The molecule has 0 bridgehead atoms. The molecule has 0 fully saturated rings. The van der Waals surface area contributed by atoms with Gasteiger partial charge in [-0.3, -0.25) is 4.90 Å². The van der Waals surface area contributed by atoms with Gasteiger partial charge in [0, 0.05) is 34.3 Å². The van der Waals surface area contributed by atoms with Gasteiger partial charge in [0.1, 0.15) is 10.8 Å². The number of hydrogen-bond donors (Lipinski definition) is 0. The molecule has 0 spiro atoms. The zero-order valence-electron chi connectivity index (χ0n) is 15.6. The largest absolute Gasteiger partial charge is 0.419 e. The molecule has 4 nitrogen and oxygen atoms in total. The fourth-order valence-electron chi connectivity index (χ4n) is 2.75. The summed E-state index contributed by atoms with van der Waals surface area (Å²) in [4.78, 5) is 18.5. The maximum absolute atomic E-state index is 12.3. The van der Waals surface area contributed by atoms with Crippen molar-refractivity contribution in [1.29, 1.82) is 0 Å². The Morgan fingerprint density at radius 1 is 0.931 bits per heavy atom. The highest BCUT2D eigenvalue weighted by Gasteiger charge is 2.13. The zero-order chi connectivity index (χ0) is 20.2. The number of nitrogens with zero attached hydrogens (tertiary/aromatic N) is 2. The monoisotopic (exact) mass is 420 g/mol. The number of carbonyl (C=O) groups is 1. The maximum Gasteiger partial charge on any atom is 0.419 e. The van der Waals surface area contributed by atoms with Crippen molar-refractivity contribution >= 4 is 34.7 Å². The number of para-hydroxylation sites is 1. The first-order valence-corrected chi connectivity index (χ1v) is 10.2. The van der Waals surface area contributed by atoms with Crippen LogP contribution in [0, 0.1) is 0 Å². The Labute approximate surface area is 178 Å². The second-order valence-corrected chi connectivity index (χ2v) is 7.63. The standard InChI is InChI=1S/C23H17ClN2O2S/c1-26(19-5-3-2-4-6-19)23(27)28-20-13-9-17(10-14-20)22-25-21(15-29-22)16-7-11-18(24)12-8-16/h2-15H,1H3. The van der Waals surface area contributed by atoms with Gasteiger partial charge < -0.3 is 4.74 Å². The maximum atomic E-state index is 12.3. The normalized spacial score (nSPS) is 10.6. The molecule has 0 saturated heterocycles. The molecular formula is C23H17ClN2O2S. The van der Waals surface area contributed by atoms with Crippen LogP contribution in [0.25, 0.3) is 21.8 Å².